The van der Waals surface area contributed by atoms with E-state index < -0.39 is 0 Å². The van der Waals surface area contributed by atoms with Crippen molar-refractivity contribution in [1.82, 2.24) is 0 Å². The average molecular weight is 228 g/mol. The molecule has 0 aliphatic heterocycles. The number of nitrogens with zero attached hydrogens (tertiary/aromatic N) is 1. The smallest absolute Gasteiger partial charge is 0.0791 e. The van der Waals surface area contributed by atoms with Crippen LogP contribution in [0.25, 0.3) is 0 Å². The van der Waals surface area contributed by atoms with Crippen LogP contribution in [-0.2, 0) is 0 Å². The molecule has 1 atom stereocenters. The van der Waals surface area contributed by atoms with E-state index in [9.17, 15) is 0 Å². The summed E-state index contributed by atoms with van der Waals surface area (Å²) in [4.78, 5) is 2.29. The molecule has 0 amide bonds. The van der Waals surface area contributed by atoms with Gasteiger partial charge in [0, 0.05) is 18.3 Å². The number of nitrogens with two attached hydrogens (primary N) is 1. The van der Waals surface area contributed by atoms with Crippen molar-refractivity contribution in [3.63, 3.8) is 0 Å². The van der Waals surface area contributed by atoms with Crippen molar-refractivity contribution in [2.45, 2.75) is 25.8 Å². The summed E-state index contributed by atoms with van der Waals surface area (Å²) in [6.45, 7) is 3.75. The Kier molecular flexibility index (Phi) is 3.71. The molecule has 2 rings (SSSR count). The second-order valence-corrected chi connectivity index (χ2v) is 4.88. The summed E-state index contributed by atoms with van der Waals surface area (Å²) in [5.41, 5.74) is 8.40. The molecular weight excluding hydrogens is 208 g/mol. The van der Waals surface area contributed by atoms with E-state index in [0.717, 1.165) is 12.5 Å². The number of terminal acetylenes is 1. The SMILES string of the molecule is C#CCN(CC1CC1)c1ccccc1C(C)N. The minimum atomic E-state index is 0.0469. The first-order valence-electron chi connectivity index (χ1n) is 6.25. The Morgan fingerprint density at radius 1 is 1.47 bits per heavy atom. The van der Waals surface area contributed by atoms with Crippen LogP contribution >= 0.6 is 0 Å². The fourth-order valence-corrected chi connectivity index (χ4v) is 2.13. The molecule has 1 fully saturated rings. The molecule has 2 nitrogen and oxygen atoms in total. The lowest BCUT2D eigenvalue weighted by atomic mass is 10.1. The van der Waals surface area contributed by atoms with E-state index in [0.29, 0.717) is 6.54 Å². The molecule has 90 valence electrons. The van der Waals surface area contributed by atoms with E-state index >= 15 is 0 Å². The predicted molar refractivity (Wildman–Crippen MR) is 72.8 cm³/mol. The Morgan fingerprint density at radius 2 is 2.18 bits per heavy atom. The molecule has 1 unspecified atom stereocenters. The Morgan fingerprint density at radius 3 is 2.76 bits per heavy atom. The van der Waals surface area contributed by atoms with Gasteiger partial charge >= 0.3 is 0 Å². The fourth-order valence-electron chi connectivity index (χ4n) is 2.13. The van der Waals surface area contributed by atoms with Crippen LogP contribution in [0.15, 0.2) is 24.3 Å². The maximum atomic E-state index is 6.02. The Hall–Kier alpha value is -1.46. The highest BCUT2D eigenvalue weighted by molar-refractivity contribution is 5.55. The van der Waals surface area contributed by atoms with Crippen LogP contribution in [0.4, 0.5) is 5.69 Å². The van der Waals surface area contributed by atoms with Gasteiger partial charge in [0.2, 0.25) is 0 Å². The molecule has 1 saturated carbocycles. The molecular formula is C15H20N2. The van der Waals surface area contributed by atoms with Gasteiger partial charge in [-0.3, -0.25) is 0 Å². The molecule has 1 aromatic carbocycles. The number of hydrogen-bond acceptors (Lipinski definition) is 2. The lowest BCUT2D eigenvalue weighted by molar-refractivity contribution is 0.745. The average Bonchev–Trinajstić information content (AvgIpc) is 3.12. The second kappa shape index (κ2) is 5.25. The maximum absolute atomic E-state index is 6.02. The lowest BCUT2D eigenvalue weighted by Gasteiger charge is -2.26. The van der Waals surface area contributed by atoms with Crippen molar-refractivity contribution >= 4 is 5.69 Å². The van der Waals surface area contributed by atoms with Gasteiger partial charge in [-0.05, 0) is 37.3 Å². The van der Waals surface area contributed by atoms with Gasteiger partial charge in [0.25, 0.3) is 0 Å². The number of hydrogen-bond donors (Lipinski definition) is 1. The molecule has 0 aromatic heterocycles. The number of benzene rings is 1. The van der Waals surface area contributed by atoms with Gasteiger partial charge in [0.15, 0.2) is 0 Å². The third-order valence-corrected chi connectivity index (χ3v) is 3.23. The van der Waals surface area contributed by atoms with Crippen LogP contribution < -0.4 is 10.6 Å². The largest absolute Gasteiger partial charge is 0.360 e. The highest BCUT2D eigenvalue weighted by Gasteiger charge is 2.25. The van der Waals surface area contributed by atoms with Gasteiger partial charge in [-0.15, -0.1) is 6.42 Å². The highest BCUT2D eigenvalue weighted by atomic mass is 15.1. The summed E-state index contributed by atoms with van der Waals surface area (Å²) in [7, 11) is 0. The van der Waals surface area contributed by atoms with Crippen LogP contribution in [0, 0.1) is 18.3 Å². The van der Waals surface area contributed by atoms with E-state index in [-0.39, 0.29) is 6.04 Å². The minimum absolute atomic E-state index is 0.0469. The van der Waals surface area contributed by atoms with E-state index in [1.165, 1.54) is 24.1 Å². The topological polar surface area (TPSA) is 29.3 Å². The monoisotopic (exact) mass is 228 g/mol. The summed E-state index contributed by atoms with van der Waals surface area (Å²) in [6.07, 6.45) is 8.14. The molecule has 2 heteroatoms. The Labute approximate surface area is 104 Å². The molecule has 0 heterocycles. The summed E-state index contributed by atoms with van der Waals surface area (Å²) in [5, 5.41) is 0. The van der Waals surface area contributed by atoms with Gasteiger partial charge in [0.1, 0.15) is 0 Å². The maximum Gasteiger partial charge on any atom is 0.0791 e. The van der Waals surface area contributed by atoms with E-state index in [2.05, 4.69) is 29.0 Å². The van der Waals surface area contributed by atoms with Crippen molar-refractivity contribution in [2.24, 2.45) is 11.7 Å². The molecule has 1 aliphatic carbocycles. The first-order valence-corrected chi connectivity index (χ1v) is 6.25. The van der Waals surface area contributed by atoms with Gasteiger partial charge in [-0.2, -0.15) is 0 Å². The van der Waals surface area contributed by atoms with Gasteiger partial charge in [0.05, 0.1) is 6.54 Å². The second-order valence-electron chi connectivity index (χ2n) is 4.88. The zero-order chi connectivity index (χ0) is 12.3. The van der Waals surface area contributed by atoms with Gasteiger partial charge in [-0.25, -0.2) is 0 Å². The minimum Gasteiger partial charge on any atom is -0.360 e. The van der Waals surface area contributed by atoms with Crippen molar-refractivity contribution in [1.29, 1.82) is 0 Å². The zero-order valence-corrected chi connectivity index (χ0v) is 10.4. The van der Waals surface area contributed by atoms with Gasteiger partial charge in [-0.1, -0.05) is 24.1 Å². The molecule has 17 heavy (non-hydrogen) atoms. The lowest BCUT2D eigenvalue weighted by Crippen LogP contribution is -2.28. The molecule has 2 N–H and O–H groups in total. The fraction of sp³-hybridized carbons (Fsp3) is 0.467. The van der Waals surface area contributed by atoms with E-state index in [4.69, 9.17) is 12.2 Å². The Bertz CT molecular complexity index is 413. The Balaban J connectivity index is 2.24. The molecule has 1 aliphatic rings. The third-order valence-electron chi connectivity index (χ3n) is 3.23. The molecule has 0 bridgehead atoms. The van der Waals surface area contributed by atoms with Crippen LogP contribution in [0.2, 0.25) is 0 Å². The predicted octanol–water partition coefficient (Wildman–Crippen LogP) is 2.56. The quantitative estimate of drug-likeness (QED) is 0.785. The molecule has 0 spiro atoms. The van der Waals surface area contributed by atoms with Crippen molar-refractivity contribution < 1.29 is 0 Å². The van der Waals surface area contributed by atoms with Crippen molar-refractivity contribution in [3.05, 3.63) is 29.8 Å². The molecule has 0 radical (unpaired) electrons. The number of rotatable bonds is 5. The van der Waals surface area contributed by atoms with E-state index in [1.807, 2.05) is 13.0 Å². The zero-order valence-electron chi connectivity index (χ0n) is 10.4. The third kappa shape index (κ3) is 3.01. The number of anilines is 1. The standard InChI is InChI=1S/C15H20N2/c1-3-10-17(11-13-8-9-13)15-7-5-4-6-14(15)12(2)16/h1,4-7,12-13H,8-11,16H2,2H3. The summed E-state index contributed by atoms with van der Waals surface area (Å²) in [5.74, 6) is 3.57. The van der Waals surface area contributed by atoms with Crippen LogP contribution in [0.1, 0.15) is 31.4 Å². The first kappa shape index (κ1) is 12.0. The normalized spacial score (nSPS) is 16.3. The first-order chi connectivity index (χ1) is 8.22. The van der Waals surface area contributed by atoms with Crippen LogP contribution in [0.5, 0.6) is 0 Å². The molecule has 1 aromatic rings. The van der Waals surface area contributed by atoms with Crippen LogP contribution in [-0.4, -0.2) is 13.1 Å². The molecule has 0 saturated heterocycles. The van der Waals surface area contributed by atoms with Crippen LogP contribution in [0.3, 0.4) is 0 Å². The summed E-state index contributed by atoms with van der Waals surface area (Å²) in [6, 6.07) is 8.35. The van der Waals surface area contributed by atoms with Crippen molar-refractivity contribution in [3.8, 4) is 12.3 Å². The highest BCUT2D eigenvalue weighted by Crippen LogP contribution is 2.33. The summed E-state index contributed by atoms with van der Waals surface area (Å²) < 4.78 is 0. The van der Waals surface area contributed by atoms with Crippen molar-refractivity contribution in [2.75, 3.05) is 18.0 Å². The number of para-hydroxylation sites is 1. The van der Waals surface area contributed by atoms with E-state index in [1.54, 1.807) is 0 Å². The summed E-state index contributed by atoms with van der Waals surface area (Å²) >= 11 is 0. The van der Waals surface area contributed by atoms with Gasteiger partial charge < -0.3 is 10.6 Å².